The number of hydrogen-bond acceptors (Lipinski definition) is 1. The molecule has 9 heavy (non-hydrogen) atoms. The molecule has 1 rings (SSSR count). The van der Waals surface area contributed by atoms with Gasteiger partial charge in [0, 0.05) is 13.0 Å². The van der Waals surface area contributed by atoms with Crippen LogP contribution in [0.5, 0.6) is 0 Å². The van der Waals surface area contributed by atoms with Gasteiger partial charge in [-0.3, -0.25) is 4.79 Å². The van der Waals surface area contributed by atoms with E-state index in [4.69, 9.17) is 0 Å². The van der Waals surface area contributed by atoms with Gasteiger partial charge in [-0.05, 0) is 12.6 Å². The van der Waals surface area contributed by atoms with Crippen molar-refractivity contribution in [3.8, 4) is 0 Å². The van der Waals surface area contributed by atoms with Gasteiger partial charge in [0.2, 0.25) is 5.91 Å². The first kappa shape index (κ1) is 9.01. The van der Waals surface area contributed by atoms with Crippen molar-refractivity contribution in [3.63, 3.8) is 0 Å². The molecule has 1 saturated heterocycles. The molecule has 0 saturated carbocycles. The SMILES string of the molecule is C=CN1CCCC1=O.[SnH2]. The summed E-state index contributed by atoms with van der Waals surface area (Å²) in [7, 11) is 0. The fourth-order valence-corrected chi connectivity index (χ4v) is 0.862. The topological polar surface area (TPSA) is 20.3 Å². The van der Waals surface area contributed by atoms with Gasteiger partial charge in [-0.1, -0.05) is 6.58 Å². The molecule has 0 bridgehead atoms. The van der Waals surface area contributed by atoms with Gasteiger partial charge >= 0.3 is 23.9 Å². The van der Waals surface area contributed by atoms with Crippen molar-refractivity contribution in [1.82, 2.24) is 4.90 Å². The van der Waals surface area contributed by atoms with E-state index in [9.17, 15) is 4.79 Å². The number of likely N-dealkylation sites (tertiary alicyclic amines) is 1. The van der Waals surface area contributed by atoms with E-state index >= 15 is 0 Å². The zero-order chi connectivity index (χ0) is 5.98. The Morgan fingerprint density at radius 2 is 2.33 bits per heavy atom. The third-order valence-corrected chi connectivity index (χ3v) is 1.33. The zero-order valence-corrected chi connectivity index (χ0v) is 9.50. The molecule has 0 spiro atoms. The van der Waals surface area contributed by atoms with Gasteiger partial charge in [-0.15, -0.1) is 0 Å². The second-order valence-electron chi connectivity index (χ2n) is 1.87. The molecule has 0 unspecified atom stereocenters. The summed E-state index contributed by atoms with van der Waals surface area (Å²) in [5, 5.41) is 0. The molecule has 2 radical (unpaired) electrons. The molecule has 0 atom stereocenters. The maximum absolute atomic E-state index is 10.7. The number of carbonyl (C=O) groups excluding carboxylic acids is 1. The third kappa shape index (κ3) is 2.01. The van der Waals surface area contributed by atoms with Crippen LogP contribution < -0.4 is 0 Å². The number of rotatable bonds is 1. The van der Waals surface area contributed by atoms with Crippen LogP contribution in [0.25, 0.3) is 0 Å². The first-order valence-electron chi connectivity index (χ1n) is 2.76. The fraction of sp³-hybridized carbons (Fsp3) is 0.500. The number of amides is 1. The van der Waals surface area contributed by atoms with E-state index in [0.29, 0.717) is 6.42 Å². The summed E-state index contributed by atoms with van der Waals surface area (Å²) in [6.07, 6.45) is 3.28. The molecule has 0 aromatic carbocycles. The quantitative estimate of drug-likeness (QED) is 0.575. The molecule has 1 aliphatic heterocycles. The monoisotopic (exact) mass is 233 g/mol. The molecule has 3 heteroatoms. The Kier molecular flexibility index (Phi) is 3.93. The van der Waals surface area contributed by atoms with Crippen molar-refractivity contribution in [3.05, 3.63) is 12.8 Å². The van der Waals surface area contributed by atoms with E-state index in [0.717, 1.165) is 13.0 Å². The molecule has 1 amide bonds. The zero-order valence-electron chi connectivity index (χ0n) is 5.47. The molecule has 0 aromatic rings. The Bertz CT molecular complexity index is 124. The number of carbonyl (C=O) groups is 1. The van der Waals surface area contributed by atoms with Crippen LogP contribution in [0.15, 0.2) is 12.8 Å². The van der Waals surface area contributed by atoms with Crippen molar-refractivity contribution >= 4 is 29.8 Å². The van der Waals surface area contributed by atoms with Crippen LogP contribution in [0.1, 0.15) is 12.8 Å². The summed E-state index contributed by atoms with van der Waals surface area (Å²) in [5.74, 6) is 0.208. The molecule has 1 fully saturated rings. The summed E-state index contributed by atoms with van der Waals surface area (Å²) < 4.78 is 0. The number of nitrogens with zero attached hydrogens (tertiary/aromatic N) is 1. The number of hydrogen-bond donors (Lipinski definition) is 0. The van der Waals surface area contributed by atoms with Gasteiger partial charge < -0.3 is 4.90 Å². The first-order chi connectivity index (χ1) is 3.84. The molecular weight excluding hydrogens is 221 g/mol. The predicted octanol–water partition coefficient (Wildman–Crippen LogP) is -0.164. The predicted molar refractivity (Wildman–Crippen MR) is 39.7 cm³/mol. The Morgan fingerprint density at radius 1 is 1.67 bits per heavy atom. The van der Waals surface area contributed by atoms with Crippen LogP contribution in [0.3, 0.4) is 0 Å². The van der Waals surface area contributed by atoms with Gasteiger partial charge in [-0.2, -0.15) is 0 Å². The van der Waals surface area contributed by atoms with E-state index in [1.54, 1.807) is 11.1 Å². The molecule has 0 aromatic heterocycles. The molecule has 2 nitrogen and oxygen atoms in total. The first-order valence-corrected chi connectivity index (χ1v) is 2.76. The van der Waals surface area contributed by atoms with Crippen molar-refractivity contribution < 1.29 is 4.79 Å². The Hall–Kier alpha value is 0.00870. The Labute approximate surface area is 71.9 Å². The Balaban J connectivity index is 0.000000640. The average Bonchev–Trinajstić information content (AvgIpc) is 2.14. The van der Waals surface area contributed by atoms with Crippen molar-refractivity contribution in [2.24, 2.45) is 0 Å². The van der Waals surface area contributed by atoms with Crippen LogP contribution in [-0.4, -0.2) is 41.3 Å². The molecule has 1 heterocycles. The van der Waals surface area contributed by atoms with E-state index in [2.05, 4.69) is 6.58 Å². The Morgan fingerprint density at radius 3 is 2.56 bits per heavy atom. The minimum absolute atomic E-state index is 0. The summed E-state index contributed by atoms with van der Waals surface area (Å²) in [6.45, 7) is 4.36. The third-order valence-electron chi connectivity index (χ3n) is 1.33. The van der Waals surface area contributed by atoms with Gasteiger partial charge in [0.1, 0.15) is 0 Å². The molecule has 0 N–H and O–H groups in total. The molecule has 0 aliphatic carbocycles. The second-order valence-corrected chi connectivity index (χ2v) is 1.87. The normalized spacial score (nSPS) is 17.3. The van der Waals surface area contributed by atoms with Crippen LogP contribution in [-0.2, 0) is 4.79 Å². The van der Waals surface area contributed by atoms with E-state index in [1.165, 1.54) is 0 Å². The van der Waals surface area contributed by atoms with Crippen LogP contribution in [0, 0.1) is 0 Å². The summed E-state index contributed by atoms with van der Waals surface area (Å²) >= 11 is 0. The maximum atomic E-state index is 10.7. The van der Waals surface area contributed by atoms with Crippen LogP contribution >= 0.6 is 0 Å². The van der Waals surface area contributed by atoms with Crippen LogP contribution in [0.2, 0.25) is 0 Å². The summed E-state index contributed by atoms with van der Waals surface area (Å²) in [5.41, 5.74) is 0. The average molecular weight is 232 g/mol. The van der Waals surface area contributed by atoms with Gasteiger partial charge in [-0.25, -0.2) is 0 Å². The second kappa shape index (κ2) is 3.93. The fourth-order valence-electron chi connectivity index (χ4n) is 0.862. The minimum atomic E-state index is 0. The van der Waals surface area contributed by atoms with Crippen molar-refractivity contribution in [2.75, 3.05) is 6.54 Å². The van der Waals surface area contributed by atoms with Crippen molar-refractivity contribution in [2.45, 2.75) is 12.8 Å². The molecule has 1 aliphatic rings. The van der Waals surface area contributed by atoms with Crippen LogP contribution in [0.4, 0.5) is 0 Å². The molecular formula is C6H11NOSn. The van der Waals surface area contributed by atoms with E-state index < -0.39 is 0 Å². The van der Waals surface area contributed by atoms with E-state index in [1.807, 2.05) is 0 Å². The van der Waals surface area contributed by atoms with Gasteiger partial charge in [0.05, 0.1) is 0 Å². The molecule has 50 valence electrons. The van der Waals surface area contributed by atoms with E-state index in [-0.39, 0.29) is 29.8 Å². The van der Waals surface area contributed by atoms with Gasteiger partial charge in [0.25, 0.3) is 0 Å². The van der Waals surface area contributed by atoms with Gasteiger partial charge in [0.15, 0.2) is 0 Å². The summed E-state index contributed by atoms with van der Waals surface area (Å²) in [6, 6.07) is 0. The summed E-state index contributed by atoms with van der Waals surface area (Å²) in [4.78, 5) is 12.3. The standard InChI is InChI=1S/C6H9NO.Sn.2H/c1-2-7-5-3-4-6(7)8;;;/h2H,1,3-5H2;;;. The van der Waals surface area contributed by atoms with Crippen molar-refractivity contribution in [1.29, 1.82) is 0 Å².